The summed E-state index contributed by atoms with van der Waals surface area (Å²) in [6, 6.07) is 2.36. The first-order chi connectivity index (χ1) is 11.5. The Morgan fingerprint density at radius 2 is 2.04 bits per heavy atom. The van der Waals surface area contributed by atoms with Gasteiger partial charge in [0.2, 0.25) is 5.88 Å². The Balaban J connectivity index is 1.77. The number of nitrogens with zero attached hydrogens (tertiary/aromatic N) is 3. The molecule has 1 fully saturated rings. The van der Waals surface area contributed by atoms with Crippen LogP contribution in [0.3, 0.4) is 0 Å². The van der Waals surface area contributed by atoms with E-state index in [0.717, 1.165) is 37.8 Å². The molecule has 0 saturated carbocycles. The topological polar surface area (TPSA) is 49.2 Å². The van der Waals surface area contributed by atoms with Gasteiger partial charge in [0.1, 0.15) is 5.69 Å². The number of methoxy groups -OCH3 is 1. The van der Waals surface area contributed by atoms with Crippen molar-refractivity contribution in [2.75, 3.05) is 20.3 Å². The number of alkyl halides is 3. The largest absolute Gasteiger partial charge is 0.481 e. The van der Waals surface area contributed by atoms with Crippen LogP contribution in [-0.2, 0) is 17.5 Å². The normalized spacial score (nSPS) is 16.3. The van der Waals surface area contributed by atoms with Gasteiger partial charge in [0.25, 0.3) is 0 Å². The smallest absolute Gasteiger partial charge is 0.433 e. The highest BCUT2D eigenvalue weighted by Gasteiger charge is 2.33. The van der Waals surface area contributed by atoms with Crippen LogP contribution >= 0.6 is 0 Å². The molecule has 24 heavy (non-hydrogen) atoms. The van der Waals surface area contributed by atoms with Crippen LogP contribution in [0.4, 0.5) is 13.2 Å². The van der Waals surface area contributed by atoms with Crippen LogP contribution in [0.15, 0.2) is 24.7 Å². The zero-order valence-electron chi connectivity index (χ0n) is 13.2. The Bertz CT molecular complexity index is 694. The van der Waals surface area contributed by atoms with Crippen molar-refractivity contribution in [2.24, 2.45) is 0 Å². The van der Waals surface area contributed by atoms with Crippen LogP contribution in [-0.4, -0.2) is 34.9 Å². The van der Waals surface area contributed by atoms with E-state index in [1.165, 1.54) is 13.2 Å². The van der Waals surface area contributed by atoms with E-state index < -0.39 is 11.9 Å². The van der Waals surface area contributed by atoms with Gasteiger partial charge in [-0.3, -0.25) is 0 Å². The highest BCUT2D eigenvalue weighted by molar-refractivity contribution is 5.29. The summed E-state index contributed by atoms with van der Waals surface area (Å²) in [7, 11) is 1.31. The average molecular weight is 341 g/mol. The fraction of sp³-hybridized carbons (Fsp3) is 0.500. The number of pyridine rings is 1. The first-order valence-corrected chi connectivity index (χ1v) is 7.68. The molecule has 2 aromatic rings. The molecule has 0 aliphatic carbocycles. The summed E-state index contributed by atoms with van der Waals surface area (Å²) < 4.78 is 50.4. The van der Waals surface area contributed by atoms with Gasteiger partial charge in [-0.25, -0.2) is 9.97 Å². The maximum absolute atomic E-state index is 12.7. The van der Waals surface area contributed by atoms with Crippen LogP contribution in [0.5, 0.6) is 5.88 Å². The van der Waals surface area contributed by atoms with E-state index >= 15 is 0 Å². The quantitative estimate of drug-likeness (QED) is 0.857. The Hall–Kier alpha value is -2.09. The van der Waals surface area contributed by atoms with Gasteiger partial charge in [-0.15, -0.1) is 0 Å². The summed E-state index contributed by atoms with van der Waals surface area (Å²) in [5.41, 5.74) is 0.593. The second kappa shape index (κ2) is 6.80. The lowest BCUT2D eigenvalue weighted by Gasteiger charge is -2.19. The van der Waals surface area contributed by atoms with E-state index in [2.05, 4.69) is 9.97 Å². The lowest BCUT2D eigenvalue weighted by molar-refractivity contribution is -0.141. The summed E-state index contributed by atoms with van der Waals surface area (Å²) in [4.78, 5) is 7.97. The molecule has 0 spiro atoms. The Morgan fingerprint density at radius 1 is 1.29 bits per heavy atom. The highest BCUT2D eigenvalue weighted by atomic mass is 19.4. The molecule has 0 N–H and O–H groups in total. The van der Waals surface area contributed by atoms with Crippen molar-refractivity contribution in [3.8, 4) is 5.88 Å². The van der Waals surface area contributed by atoms with Crippen molar-refractivity contribution < 1.29 is 22.6 Å². The molecule has 5 nitrogen and oxygen atoms in total. The minimum absolute atomic E-state index is 0.0221. The van der Waals surface area contributed by atoms with Crippen LogP contribution in [0.1, 0.15) is 35.7 Å². The molecule has 0 radical (unpaired) electrons. The third-order valence-electron chi connectivity index (χ3n) is 4.07. The zero-order valence-corrected chi connectivity index (χ0v) is 13.2. The van der Waals surface area contributed by atoms with E-state index in [1.54, 1.807) is 6.33 Å². The molecule has 0 atom stereocenters. The minimum Gasteiger partial charge on any atom is -0.481 e. The molecular formula is C16H18F3N3O2. The van der Waals surface area contributed by atoms with Gasteiger partial charge in [0, 0.05) is 30.9 Å². The number of hydrogen-bond donors (Lipinski definition) is 0. The van der Waals surface area contributed by atoms with Crippen molar-refractivity contribution >= 4 is 0 Å². The van der Waals surface area contributed by atoms with Gasteiger partial charge in [-0.1, -0.05) is 0 Å². The Kier molecular flexibility index (Phi) is 4.75. The lowest BCUT2D eigenvalue weighted by Crippen LogP contribution is -2.14. The molecule has 8 heteroatoms. The first-order valence-electron chi connectivity index (χ1n) is 7.68. The number of aromatic nitrogens is 3. The van der Waals surface area contributed by atoms with Crippen molar-refractivity contribution in [3.63, 3.8) is 0 Å². The number of hydrogen-bond acceptors (Lipinski definition) is 4. The lowest BCUT2D eigenvalue weighted by atomic mass is 9.97. The monoisotopic (exact) mass is 341 g/mol. The summed E-state index contributed by atoms with van der Waals surface area (Å²) in [5, 5.41) is 0. The second-order valence-corrected chi connectivity index (χ2v) is 5.72. The molecule has 1 aliphatic rings. The maximum atomic E-state index is 12.7. The van der Waals surface area contributed by atoms with Crippen LogP contribution in [0, 0.1) is 0 Å². The fourth-order valence-electron chi connectivity index (χ4n) is 2.79. The summed E-state index contributed by atoms with van der Waals surface area (Å²) >= 11 is 0. The predicted octanol–water partition coefficient (Wildman–Crippen LogP) is 3.25. The fourth-order valence-corrected chi connectivity index (χ4v) is 2.79. The van der Waals surface area contributed by atoms with Crippen LogP contribution in [0.2, 0.25) is 0 Å². The van der Waals surface area contributed by atoms with E-state index in [1.807, 2.05) is 10.8 Å². The summed E-state index contributed by atoms with van der Waals surface area (Å²) in [6.07, 6.45) is 0.983. The van der Waals surface area contributed by atoms with Crippen LogP contribution in [0.25, 0.3) is 0 Å². The summed E-state index contributed by atoms with van der Waals surface area (Å²) in [5.74, 6) is 0.346. The van der Waals surface area contributed by atoms with Crippen molar-refractivity contribution in [1.82, 2.24) is 14.5 Å². The molecular weight excluding hydrogens is 323 g/mol. The van der Waals surface area contributed by atoms with Gasteiger partial charge in [0.15, 0.2) is 0 Å². The molecule has 0 bridgehead atoms. The van der Waals surface area contributed by atoms with Crippen molar-refractivity contribution in [1.29, 1.82) is 0 Å². The maximum Gasteiger partial charge on any atom is 0.433 e. The van der Waals surface area contributed by atoms with Gasteiger partial charge >= 0.3 is 6.18 Å². The highest BCUT2D eigenvalue weighted by Crippen LogP contribution is 2.30. The number of ether oxygens (including phenoxy) is 2. The average Bonchev–Trinajstić information content (AvgIpc) is 3.03. The third kappa shape index (κ3) is 3.69. The van der Waals surface area contributed by atoms with Gasteiger partial charge in [-0.05, 0) is 25.0 Å². The predicted molar refractivity (Wildman–Crippen MR) is 79.9 cm³/mol. The minimum atomic E-state index is -4.49. The second-order valence-electron chi connectivity index (χ2n) is 5.72. The van der Waals surface area contributed by atoms with E-state index in [0.29, 0.717) is 18.0 Å². The number of imidazole rings is 1. The standard InChI is InChI=1S/C16H18F3N3O2/c1-23-15-12(2-3-14(21-15)16(17,18)19)8-22-9-13(20-10-22)11-4-6-24-7-5-11/h2-3,9-11H,4-8H2,1H3. The third-order valence-corrected chi connectivity index (χ3v) is 4.07. The molecule has 0 unspecified atom stereocenters. The molecule has 0 aromatic carbocycles. The van der Waals surface area contributed by atoms with Gasteiger partial charge < -0.3 is 14.0 Å². The van der Waals surface area contributed by atoms with Crippen molar-refractivity contribution in [3.05, 3.63) is 41.6 Å². The molecule has 2 aromatic heterocycles. The molecule has 3 rings (SSSR count). The molecule has 1 saturated heterocycles. The molecule has 0 amide bonds. The molecule has 130 valence electrons. The van der Waals surface area contributed by atoms with Crippen molar-refractivity contribution in [2.45, 2.75) is 31.5 Å². The molecule has 1 aliphatic heterocycles. The van der Waals surface area contributed by atoms with E-state index in [-0.39, 0.29) is 5.88 Å². The SMILES string of the molecule is COc1nc(C(F)(F)F)ccc1Cn1cnc(C2CCOCC2)c1. The zero-order chi connectivity index (χ0) is 17.2. The van der Waals surface area contributed by atoms with Gasteiger partial charge in [0.05, 0.1) is 25.7 Å². The number of halogens is 3. The van der Waals surface area contributed by atoms with Gasteiger partial charge in [-0.2, -0.15) is 13.2 Å². The van der Waals surface area contributed by atoms with Crippen LogP contribution < -0.4 is 4.74 Å². The Labute approximate surface area is 137 Å². The molecule has 3 heterocycles. The van der Waals surface area contributed by atoms with E-state index in [9.17, 15) is 13.2 Å². The van der Waals surface area contributed by atoms with E-state index in [4.69, 9.17) is 9.47 Å². The Morgan fingerprint density at radius 3 is 2.71 bits per heavy atom. The number of rotatable bonds is 4. The summed E-state index contributed by atoms with van der Waals surface area (Å²) in [6.45, 7) is 1.81. The first kappa shape index (κ1) is 16.8.